The third-order valence-corrected chi connectivity index (χ3v) is 4.88. The third kappa shape index (κ3) is 8.01. The topological polar surface area (TPSA) is 95.1 Å². The zero-order chi connectivity index (χ0) is 23.3. The maximum Gasteiger partial charge on any atom is 0.249 e. The molecule has 2 N–H and O–H groups in total. The molecular formula is C24H34N2O6. The van der Waals surface area contributed by atoms with Crippen molar-refractivity contribution in [1.29, 1.82) is 0 Å². The Kier molecular flexibility index (Phi) is 10.8. The van der Waals surface area contributed by atoms with Gasteiger partial charge in [0, 0.05) is 6.54 Å². The Hall–Kier alpha value is -2.84. The van der Waals surface area contributed by atoms with Crippen LogP contribution in [0.4, 0.5) is 0 Å². The van der Waals surface area contributed by atoms with Crippen LogP contribution in [0.3, 0.4) is 0 Å². The van der Waals surface area contributed by atoms with E-state index in [1.807, 2.05) is 12.1 Å². The molecule has 0 unspecified atom stereocenters. The minimum Gasteiger partial charge on any atom is -0.486 e. The van der Waals surface area contributed by atoms with Gasteiger partial charge in [0.1, 0.15) is 25.4 Å². The number of benzene rings is 1. The molecule has 8 nitrogen and oxygen atoms in total. The van der Waals surface area contributed by atoms with Crippen molar-refractivity contribution in [2.24, 2.45) is 0 Å². The number of rotatable bonds is 14. The van der Waals surface area contributed by atoms with Crippen LogP contribution in [0.25, 0.3) is 0 Å². The Morgan fingerprint density at radius 3 is 2.22 bits per heavy atom. The van der Waals surface area contributed by atoms with Crippen LogP contribution in [0.15, 0.2) is 43.5 Å². The molecule has 176 valence electrons. The molecule has 0 aromatic heterocycles. The van der Waals surface area contributed by atoms with E-state index in [4.69, 9.17) is 18.9 Å². The second-order valence-electron chi connectivity index (χ2n) is 7.39. The van der Waals surface area contributed by atoms with Crippen molar-refractivity contribution in [1.82, 2.24) is 10.6 Å². The van der Waals surface area contributed by atoms with Crippen molar-refractivity contribution in [3.63, 3.8) is 0 Å². The van der Waals surface area contributed by atoms with Gasteiger partial charge in [0.25, 0.3) is 0 Å². The van der Waals surface area contributed by atoms with Crippen molar-refractivity contribution < 1.29 is 28.5 Å². The fourth-order valence-electron chi connectivity index (χ4n) is 2.97. The second kappa shape index (κ2) is 13.5. The van der Waals surface area contributed by atoms with Gasteiger partial charge in [-0.25, -0.2) is 0 Å². The number of hydrogen-bond acceptors (Lipinski definition) is 6. The molecule has 1 aromatic carbocycles. The number of nitrogens with one attached hydrogen (secondary N) is 2. The lowest BCUT2D eigenvalue weighted by Crippen LogP contribution is -2.44. The van der Waals surface area contributed by atoms with Crippen LogP contribution in [0, 0.1) is 0 Å². The van der Waals surface area contributed by atoms with Crippen LogP contribution >= 0.6 is 0 Å². The molecule has 2 amide bonds. The molecule has 0 aliphatic carbocycles. The van der Waals surface area contributed by atoms with E-state index >= 15 is 0 Å². The molecule has 1 aliphatic heterocycles. The monoisotopic (exact) mass is 446 g/mol. The molecule has 1 heterocycles. The first-order chi connectivity index (χ1) is 15.5. The van der Waals surface area contributed by atoms with Crippen molar-refractivity contribution in [2.75, 3.05) is 33.0 Å². The Balaban J connectivity index is 2.07. The van der Waals surface area contributed by atoms with E-state index in [2.05, 4.69) is 23.8 Å². The molecule has 0 fully saturated rings. The van der Waals surface area contributed by atoms with E-state index in [1.54, 1.807) is 32.1 Å². The lowest BCUT2D eigenvalue weighted by atomic mass is 10.0. The number of carbonyl (C=O) groups excluding carboxylic acids is 2. The standard InChI is InChI=1S/C24H34N2O6/c1-5-7-11-29-17(3)23(27)25-16-20(26-24(28)18(4)30-12-8-6-2)19-9-10-21-22(15-19)32-14-13-31-21/h5-6,9-10,15,17-18,20H,1-2,7-8,11-14,16H2,3-4H3,(H,25,27)(H,26,28)/t17-,18-,20+/m1/s1. The van der Waals surface area contributed by atoms with Crippen LogP contribution in [-0.4, -0.2) is 57.0 Å². The summed E-state index contributed by atoms with van der Waals surface area (Å²) in [5.41, 5.74) is 0.779. The zero-order valence-electron chi connectivity index (χ0n) is 18.9. The molecule has 0 radical (unpaired) electrons. The van der Waals surface area contributed by atoms with E-state index in [1.165, 1.54) is 0 Å². The van der Waals surface area contributed by atoms with Gasteiger partial charge in [0.05, 0.1) is 19.3 Å². The second-order valence-corrected chi connectivity index (χ2v) is 7.39. The summed E-state index contributed by atoms with van der Waals surface area (Å²) in [7, 11) is 0. The van der Waals surface area contributed by atoms with E-state index in [9.17, 15) is 9.59 Å². The molecule has 0 saturated carbocycles. The average Bonchev–Trinajstić information content (AvgIpc) is 2.81. The molecule has 2 rings (SSSR count). The SMILES string of the molecule is C=CCCO[C@H](C)C(=O)NC[C@H](NC(=O)[C@@H](C)OCCC=C)c1ccc2c(c1)OCCO2. The summed E-state index contributed by atoms with van der Waals surface area (Å²) >= 11 is 0. The summed E-state index contributed by atoms with van der Waals surface area (Å²) < 4.78 is 22.3. The Labute approximate surface area is 189 Å². The number of fused-ring (bicyclic) bond motifs is 1. The molecule has 8 heteroatoms. The number of hydrogen-bond donors (Lipinski definition) is 2. The Bertz CT molecular complexity index is 782. The summed E-state index contributed by atoms with van der Waals surface area (Å²) in [5.74, 6) is 0.717. The van der Waals surface area contributed by atoms with Crippen molar-refractivity contribution >= 4 is 11.8 Å². The Morgan fingerprint density at radius 1 is 1.00 bits per heavy atom. The molecule has 0 saturated heterocycles. The van der Waals surface area contributed by atoms with Gasteiger partial charge in [-0.2, -0.15) is 0 Å². The van der Waals surface area contributed by atoms with Crippen molar-refractivity contribution in [3.05, 3.63) is 49.1 Å². The largest absolute Gasteiger partial charge is 0.486 e. The predicted octanol–water partition coefficient (Wildman–Crippen LogP) is 2.69. The van der Waals surface area contributed by atoms with Crippen LogP contribution in [0.1, 0.15) is 38.3 Å². The fourth-order valence-corrected chi connectivity index (χ4v) is 2.97. The molecular weight excluding hydrogens is 412 g/mol. The minimum absolute atomic E-state index is 0.179. The molecule has 1 aromatic rings. The summed E-state index contributed by atoms with van der Waals surface area (Å²) in [6, 6.07) is 4.97. The number of carbonyl (C=O) groups is 2. The highest BCUT2D eigenvalue weighted by atomic mass is 16.6. The van der Waals surface area contributed by atoms with Crippen molar-refractivity contribution in [3.8, 4) is 11.5 Å². The summed E-state index contributed by atoms with van der Waals surface area (Å²) in [6.07, 6.45) is 3.52. The van der Waals surface area contributed by atoms with Gasteiger partial charge in [-0.1, -0.05) is 18.2 Å². The summed E-state index contributed by atoms with van der Waals surface area (Å²) in [6.45, 7) is 12.6. The van der Waals surface area contributed by atoms with E-state index in [0.29, 0.717) is 50.8 Å². The maximum atomic E-state index is 12.7. The van der Waals surface area contributed by atoms with Gasteiger partial charge in [0.2, 0.25) is 11.8 Å². The summed E-state index contributed by atoms with van der Waals surface area (Å²) in [4.78, 5) is 25.1. The average molecular weight is 447 g/mol. The van der Waals surface area contributed by atoms with Gasteiger partial charge in [0.15, 0.2) is 11.5 Å². The molecule has 0 bridgehead atoms. The maximum absolute atomic E-state index is 12.7. The Morgan fingerprint density at radius 2 is 1.59 bits per heavy atom. The zero-order valence-corrected chi connectivity index (χ0v) is 18.9. The third-order valence-electron chi connectivity index (χ3n) is 4.88. The highest BCUT2D eigenvalue weighted by Crippen LogP contribution is 2.32. The minimum atomic E-state index is -0.647. The quantitative estimate of drug-likeness (QED) is 0.337. The van der Waals surface area contributed by atoms with Crippen LogP contribution in [-0.2, 0) is 19.1 Å². The van der Waals surface area contributed by atoms with E-state index in [0.717, 1.165) is 5.56 Å². The smallest absolute Gasteiger partial charge is 0.249 e. The highest BCUT2D eigenvalue weighted by Gasteiger charge is 2.23. The lowest BCUT2D eigenvalue weighted by Gasteiger charge is -2.25. The van der Waals surface area contributed by atoms with Gasteiger partial charge < -0.3 is 29.6 Å². The van der Waals surface area contributed by atoms with E-state index < -0.39 is 18.2 Å². The van der Waals surface area contributed by atoms with Gasteiger partial charge in [-0.15, -0.1) is 13.2 Å². The normalized spacial score (nSPS) is 15.2. The van der Waals surface area contributed by atoms with Crippen molar-refractivity contribution in [2.45, 2.75) is 44.9 Å². The van der Waals surface area contributed by atoms with Gasteiger partial charge in [-0.3, -0.25) is 9.59 Å². The van der Waals surface area contributed by atoms with Crippen LogP contribution in [0.2, 0.25) is 0 Å². The fraction of sp³-hybridized carbons (Fsp3) is 0.500. The first-order valence-electron chi connectivity index (χ1n) is 10.9. The van der Waals surface area contributed by atoms with Gasteiger partial charge in [-0.05, 0) is 44.4 Å². The lowest BCUT2D eigenvalue weighted by molar-refractivity contribution is -0.134. The van der Waals surface area contributed by atoms with Crippen LogP contribution in [0.5, 0.6) is 11.5 Å². The molecule has 32 heavy (non-hydrogen) atoms. The van der Waals surface area contributed by atoms with E-state index in [-0.39, 0.29) is 18.4 Å². The molecule has 0 spiro atoms. The predicted molar refractivity (Wildman–Crippen MR) is 122 cm³/mol. The van der Waals surface area contributed by atoms with Gasteiger partial charge >= 0.3 is 0 Å². The van der Waals surface area contributed by atoms with Crippen LogP contribution < -0.4 is 20.1 Å². The first-order valence-corrected chi connectivity index (χ1v) is 10.9. The molecule has 3 atom stereocenters. The summed E-state index contributed by atoms with van der Waals surface area (Å²) in [5, 5.41) is 5.81. The number of amides is 2. The molecule has 1 aliphatic rings. The first kappa shape index (κ1) is 25.4. The highest BCUT2D eigenvalue weighted by molar-refractivity contribution is 5.82. The number of ether oxygens (including phenoxy) is 4.